The van der Waals surface area contributed by atoms with Gasteiger partial charge in [0.2, 0.25) is 0 Å². The van der Waals surface area contributed by atoms with E-state index in [1.807, 2.05) is 68.7 Å². The van der Waals surface area contributed by atoms with Crippen LogP contribution in [0, 0.1) is 0 Å². The fourth-order valence-electron chi connectivity index (χ4n) is 2.32. The van der Waals surface area contributed by atoms with Gasteiger partial charge in [0, 0.05) is 10.9 Å². The third-order valence-electron chi connectivity index (χ3n) is 3.88. The fourth-order valence-corrected chi connectivity index (χ4v) is 3.71. The van der Waals surface area contributed by atoms with Crippen molar-refractivity contribution in [1.82, 2.24) is 4.90 Å². The molecule has 0 saturated heterocycles. The van der Waals surface area contributed by atoms with Crippen LogP contribution >= 0.6 is 0 Å². The van der Waals surface area contributed by atoms with Gasteiger partial charge in [-0.3, -0.25) is 4.21 Å². The quantitative estimate of drug-likeness (QED) is 0.890. The van der Waals surface area contributed by atoms with Crippen molar-refractivity contribution in [2.75, 3.05) is 19.8 Å². The van der Waals surface area contributed by atoms with Crippen LogP contribution in [0.15, 0.2) is 59.5 Å². The Morgan fingerprint density at radius 1 is 1.05 bits per heavy atom. The highest BCUT2D eigenvalue weighted by Gasteiger charge is 2.19. The maximum Gasteiger partial charge on any atom is 0.0908 e. The molecule has 1 N–H and O–H groups in total. The van der Waals surface area contributed by atoms with E-state index >= 15 is 0 Å². The zero-order valence-corrected chi connectivity index (χ0v) is 14.1. The number of hydrogen-bond donors (Lipinski definition) is 1. The summed E-state index contributed by atoms with van der Waals surface area (Å²) in [5.74, 6) is 0.209. The molecule has 0 spiro atoms. The van der Waals surface area contributed by atoms with E-state index < -0.39 is 16.9 Å². The summed E-state index contributed by atoms with van der Waals surface area (Å²) < 4.78 is 12.7. The first-order valence-electron chi connectivity index (χ1n) is 7.37. The van der Waals surface area contributed by atoms with Crippen LogP contribution in [0.3, 0.4) is 0 Å². The molecule has 0 fully saturated rings. The summed E-state index contributed by atoms with van der Waals surface area (Å²) in [6.45, 7) is 2.09. The minimum Gasteiger partial charge on any atom is -0.387 e. The largest absolute Gasteiger partial charge is 0.387 e. The van der Waals surface area contributed by atoms with Crippen molar-refractivity contribution < 1.29 is 9.32 Å². The minimum atomic E-state index is -1.24. The Kier molecular flexibility index (Phi) is 5.89. The number of benzene rings is 2. The van der Waals surface area contributed by atoms with Crippen molar-refractivity contribution in [2.45, 2.75) is 24.0 Å². The summed E-state index contributed by atoms with van der Waals surface area (Å²) in [5, 5.41) is 10.3. The van der Waals surface area contributed by atoms with Crippen molar-refractivity contribution >= 4 is 10.8 Å². The van der Waals surface area contributed by atoms with Crippen LogP contribution in [0.4, 0.5) is 0 Å². The topological polar surface area (TPSA) is 40.5 Å². The average Bonchev–Trinajstić information content (AvgIpc) is 2.54. The molecule has 1 unspecified atom stereocenters. The molecular weight excluding hydrogens is 294 g/mol. The lowest BCUT2D eigenvalue weighted by atomic mass is 10.1. The average molecular weight is 317 g/mol. The van der Waals surface area contributed by atoms with Crippen molar-refractivity contribution in [2.24, 2.45) is 0 Å². The molecule has 22 heavy (non-hydrogen) atoms. The third kappa shape index (κ3) is 4.03. The standard InChI is InChI=1S/C18H23NO2S/c1-14(19(2)3)16-11-7-8-12-18(16)22(21)13-17(20)15-9-5-4-6-10-15/h4-12,14,17,20H,13H2,1-3H3/t14-,17+,22?/m1/s1. The van der Waals surface area contributed by atoms with Gasteiger partial charge in [0.1, 0.15) is 0 Å². The van der Waals surface area contributed by atoms with E-state index in [1.54, 1.807) is 0 Å². The van der Waals surface area contributed by atoms with Gasteiger partial charge in [-0.15, -0.1) is 0 Å². The third-order valence-corrected chi connectivity index (χ3v) is 5.36. The molecule has 0 radical (unpaired) electrons. The Hall–Kier alpha value is -1.49. The number of rotatable bonds is 6. The minimum absolute atomic E-state index is 0.175. The Balaban J connectivity index is 2.20. The second-order valence-corrected chi connectivity index (χ2v) is 7.08. The fraction of sp³-hybridized carbons (Fsp3) is 0.333. The molecule has 2 aromatic rings. The second kappa shape index (κ2) is 7.68. The summed E-state index contributed by atoms with van der Waals surface area (Å²) in [6.07, 6.45) is -0.718. The van der Waals surface area contributed by atoms with Gasteiger partial charge in [0.25, 0.3) is 0 Å². The molecule has 0 aliphatic carbocycles. The van der Waals surface area contributed by atoms with Crippen LogP contribution < -0.4 is 0 Å². The van der Waals surface area contributed by atoms with Gasteiger partial charge in [-0.2, -0.15) is 0 Å². The van der Waals surface area contributed by atoms with Gasteiger partial charge in [-0.05, 0) is 38.2 Å². The summed E-state index contributed by atoms with van der Waals surface area (Å²) in [5.41, 5.74) is 1.85. The zero-order valence-electron chi connectivity index (χ0n) is 13.3. The van der Waals surface area contributed by atoms with Gasteiger partial charge in [0.05, 0.1) is 22.7 Å². The molecule has 2 rings (SSSR count). The molecule has 0 aromatic heterocycles. The van der Waals surface area contributed by atoms with E-state index in [-0.39, 0.29) is 11.8 Å². The van der Waals surface area contributed by atoms with Gasteiger partial charge in [-0.25, -0.2) is 0 Å². The molecular formula is C18H23NO2S. The van der Waals surface area contributed by atoms with Crippen molar-refractivity contribution in [1.29, 1.82) is 0 Å². The first-order chi connectivity index (χ1) is 10.5. The molecule has 2 aromatic carbocycles. The lowest BCUT2D eigenvalue weighted by Gasteiger charge is -2.23. The monoisotopic (exact) mass is 317 g/mol. The van der Waals surface area contributed by atoms with Crippen molar-refractivity contribution in [3.8, 4) is 0 Å². The van der Waals surface area contributed by atoms with Crippen molar-refractivity contribution in [3.63, 3.8) is 0 Å². The molecule has 0 bridgehead atoms. The second-order valence-electron chi connectivity index (χ2n) is 5.62. The van der Waals surface area contributed by atoms with E-state index in [2.05, 4.69) is 11.8 Å². The first kappa shape index (κ1) is 16.9. The van der Waals surface area contributed by atoms with E-state index in [0.29, 0.717) is 0 Å². The summed E-state index contributed by atoms with van der Waals surface area (Å²) in [4.78, 5) is 2.89. The molecule has 4 heteroatoms. The summed E-state index contributed by atoms with van der Waals surface area (Å²) in [7, 11) is 2.77. The maximum atomic E-state index is 12.7. The normalized spacial score (nSPS) is 15.5. The summed E-state index contributed by atoms with van der Waals surface area (Å²) >= 11 is 0. The van der Waals surface area contributed by atoms with E-state index in [4.69, 9.17) is 0 Å². The molecule has 0 amide bonds. The van der Waals surface area contributed by atoms with E-state index in [9.17, 15) is 9.32 Å². The number of aliphatic hydroxyl groups excluding tert-OH is 1. The van der Waals surface area contributed by atoms with Crippen molar-refractivity contribution in [3.05, 3.63) is 65.7 Å². The molecule has 0 aliphatic heterocycles. The molecule has 3 nitrogen and oxygen atoms in total. The van der Waals surface area contributed by atoms with E-state index in [1.165, 1.54) is 0 Å². The van der Waals surface area contributed by atoms with Crippen LogP contribution in [0.1, 0.15) is 30.2 Å². The number of hydrogen-bond acceptors (Lipinski definition) is 3. The lowest BCUT2D eigenvalue weighted by molar-refractivity contribution is 0.203. The molecule has 118 valence electrons. The van der Waals surface area contributed by atoms with Gasteiger partial charge < -0.3 is 10.0 Å². The Morgan fingerprint density at radius 2 is 1.64 bits per heavy atom. The summed E-state index contributed by atoms with van der Waals surface area (Å²) in [6, 6.07) is 17.3. The molecule has 0 aliphatic rings. The highest BCUT2D eigenvalue weighted by atomic mass is 32.2. The van der Waals surface area contributed by atoms with Gasteiger partial charge >= 0.3 is 0 Å². The smallest absolute Gasteiger partial charge is 0.0908 e. The highest BCUT2D eigenvalue weighted by molar-refractivity contribution is 7.85. The molecule has 0 saturated carbocycles. The van der Waals surface area contributed by atoms with Crippen LogP contribution in [0.25, 0.3) is 0 Å². The Labute approximate surface area is 135 Å². The SMILES string of the molecule is C[C@H](c1ccccc1S(=O)C[C@H](O)c1ccccc1)N(C)C. The van der Waals surface area contributed by atoms with Crippen LogP contribution in [0.2, 0.25) is 0 Å². The van der Waals surface area contributed by atoms with Gasteiger partial charge in [0.15, 0.2) is 0 Å². The number of aliphatic hydroxyl groups is 1. The first-order valence-corrected chi connectivity index (χ1v) is 8.69. The molecule has 3 atom stereocenters. The Morgan fingerprint density at radius 3 is 2.27 bits per heavy atom. The van der Waals surface area contributed by atoms with Crippen LogP contribution in [-0.2, 0) is 10.8 Å². The molecule has 0 heterocycles. The van der Waals surface area contributed by atoms with Gasteiger partial charge in [-0.1, -0.05) is 48.5 Å². The lowest BCUT2D eigenvalue weighted by Crippen LogP contribution is -2.19. The number of nitrogens with zero attached hydrogens (tertiary/aromatic N) is 1. The Bertz CT molecular complexity index is 628. The predicted molar refractivity (Wildman–Crippen MR) is 91.2 cm³/mol. The maximum absolute atomic E-state index is 12.7. The van der Waals surface area contributed by atoms with E-state index in [0.717, 1.165) is 16.0 Å². The predicted octanol–water partition coefficient (Wildman–Crippen LogP) is 3.15. The highest BCUT2D eigenvalue weighted by Crippen LogP contribution is 2.26. The zero-order chi connectivity index (χ0) is 16.1. The van der Waals surface area contributed by atoms with Crippen LogP contribution in [-0.4, -0.2) is 34.1 Å². The van der Waals surface area contributed by atoms with Crippen LogP contribution in [0.5, 0.6) is 0 Å².